The molecule has 2 aromatic heterocycles. The summed E-state index contributed by atoms with van der Waals surface area (Å²) < 4.78 is 24.4. The number of fused-ring (bicyclic) bond motifs is 1. The zero-order chi connectivity index (χ0) is 28.5. The van der Waals surface area contributed by atoms with Crippen molar-refractivity contribution < 1.29 is 28.5 Å². The summed E-state index contributed by atoms with van der Waals surface area (Å²) in [6.07, 6.45) is 10.5. The van der Waals surface area contributed by atoms with Crippen molar-refractivity contribution in [3.8, 4) is 12.3 Å². The molecule has 1 aliphatic heterocycles. The highest BCUT2D eigenvalue weighted by Crippen LogP contribution is 2.41. The van der Waals surface area contributed by atoms with Crippen LogP contribution in [0, 0.1) is 12.3 Å². The third-order valence-electron chi connectivity index (χ3n) is 6.77. The van der Waals surface area contributed by atoms with E-state index in [0.717, 1.165) is 31.2 Å². The topological polar surface area (TPSA) is 128 Å². The molecule has 3 aromatic rings. The van der Waals surface area contributed by atoms with Crippen LogP contribution < -0.4 is 5.73 Å². The molecule has 10 nitrogen and oxygen atoms in total. The van der Waals surface area contributed by atoms with Crippen LogP contribution in [0.4, 0.5) is 10.6 Å². The van der Waals surface area contributed by atoms with E-state index in [1.807, 2.05) is 30.3 Å². The molecule has 1 aliphatic rings. The summed E-state index contributed by atoms with van der Waals surface area (Å²) in [4.78, 5) is 33.5. The fourth-order valence-electron chi connectivity index (χ4n) is 4.63. The summed E-state index contributed by atoms with van der Waals surface area (Å²) in [6, 6.07) is 10.9. The minimum atomic E-state index is -1.56. The summed E-state index contributed by atoms with van der Waals surface area (Å²) in [5.41, 5.74) is 5.67. The first-order chi connectivity index (χ1) is 19.3. The van der Waals surface area contributed by atoms with Crippen molar-refractivity contribution in [2.45, 2.75) is 76.4 Å². The van der Waals surface area contributed by atoms with E-state index in [1.54, 1.807) is 16.8 Å². The lowest BCUT2D eigenvalue weighted by atomic mass is 9.98. The van der Waals surface area contributed by atoms with Gasteiger partial charge in [-0.2, -0.15) is 4.98 Å². The number of aromatic nitrogens is 3. The Hall–Kier alpha value is -3.81. The highest BCUT2D eigenvalue weighted by molar-refractivity contribution is 6.28. The van der Waals surface area contributed by atoms with E-state index >= 15 is 0 Å². The van der Waals surface area contributed by atoms with Gasteiger partial charge < -0.3 is 29.2 Å². The van der Waals surface area contributed by atoms with Gasteiger partial charge in [0.25, 0.3) is 0 Å². The zero-order valence-electron chi connectivity index (χ0n) is 22.4. The van der Waals surface area contributed by atoms with Gasteiger partial charge in [0.2, 0.25) is 10.9 Å². The van der Waals surface area contributed by atoms with Gasteiger partial charge in [0.15, 0.2) is 0 Å². The maximum atomic E-state index is 12.8. The van der Waals surface area contributed by atoms with Crippen LogP contribution in [0.1, 0.15) is 63.7 Å². The number of carbonyl (C=O) groups is 2. The number of carbonyl (C=O) groups excluding carboxylic acids is 2. The number of terminal acetylenes is 1. The van der Waals surface area contributed by atoms with Crippen LogP contribution >= 0.6 is 11.6 Å². The third kappa shape index (κ3) is 7.03. The monoisotopic (exact) mass is 568 g/mol. The molecule has 0 aliphatic carbocycles. The van der Waals surface area contributed by atoms with Crippen LogP contribution in [-0.2, 0) is 30.3 Å². The Morgan fingerprint density at radius 1 is 1.18 bits per heavy atom. The van der Waals surface area contributed by atoms with E-state index in [-0.39, 0.29) is 37.2 Å². The van der Waals surface area contributed by atoms with Gasteiger partial charge in [-0.05, 0) is 29.7 Å². The molecular formula is C29H33ClN4O6. The number of hydrogen-bond acceptors (Lipinski definition) is 9. The number of rotatable bonds is 12. The number of hydrogen-bond donors (Lipinski definition) is 1. The number of benzene rings is 1. The Morgan fingerprint density at radius 3 is 2.70 bits per heavy atom. The standard InChI is InChI=1S/C29H33ClN4O6/c1-3-5-6-7-11-14-24(35)39-22-17-23(34-16-15-21-25(31)32-27(30)33-26(21)34)40-29(22,4-2)19-38-28(36)37-18-20-12-9-8-10-13-20/h2,8-10,12-13,15-16,22-23H,3,5-7,11,14,17-19H2,1H3,(H2,31,32,33)/t22-,23+,29+/m0/s1. The van der Waals surface area contributed by atoms with Gasteiger partial charge in [-0.25, -0.2) is 9.78 Å². The third-order valence-corrected chi connectivity index (χ3v) is 6.94. The van der Waals surface area contributed by atoms with E-state index in [4.69, 9.17) is 42.7 Å². The Bertz CT molecular complexity index is 1360. The lowest BCUT2D eigenvalue weighted by molar-refractivity contribution is -0.159. The zero-order valence-corrected chi connectivity index (χ0v) is 23.1. The van der Waals surface area contributed by atoms with E-state index < -0.39 is 30.1 Å². The molecule has 40 heavy (non-hydrogen) atoms. The van der Waals surface area contributed by atoms with E-state index in [9.17, 15) is 9.59 Å². The average molecular weight is 569 g/mol. The predicted octanol–water partition coefficient (Wildman–Crippen LogP) is 5.58. The van der Waals surface area contributed by atoms with Crippen LogP contribution in [0.5, 0.6) is 0 Å². The molecule has 0 amide bonds. The summed E-state index contributed by atoms with van der Waals surface area (Å²) in [5.74, 6) is 2.39. The Kier molecular flexibility index (Phi) is 9.85. The van der Waals surface area contributed by atoms with Crippen molar-refractivity contribution in [1.82, 2.24) is 14.5 Å². The number of ether oxygens (including phenoxy) is 4. The van der Waals surface area contributed by atoms with E-state index in [1.165, 1.54) is 0 Å². The minimum absolute atomic E-state index is 0.0262. The molecule has 3 atom stereocenters. The summed E-state index contributed by atoms with van der Waals surface area (Å²) >= 11 is 6.05. The molecule has 1 aromatic carbocycles. The number of anilines is 1. The summed E-state index contributed by atoms with van der Waals surface area (Å²) in [6.45, 7) is 1.77. The van der Waals surface area contributed by atoms with Gasteiger partial charge in [-0.15, -0.1) is 6.42 Å². The number of nitrogens with two attached hydrogens (primary N) is 1. The number of nitrogen functional groups attached to an aromatic ring is 1. The molecule has 0 spiro atoms. The highest BCUT2D eigenvalue weighted by Gasteiger charge is 2.52. The first-order valence-corrected chi connectivity index (χ1v) is 13.7. The Balaban J connectivity index is 1.49. The smallest absolute Gasteiger partial charge is 0.458 e. The lowest BCUT2D eigenvalue weighted by Gasteiger charge is -2.28. The summed E-state index contributed by atoms with van der Waals surface area (Å²) in [5, 5.41) is 0.550. The van der Waals surface area contributed by atoms with Gasteiger partial charge in [0.05, 0.1) is 5.39 Å². The second-order valence-corrected chi connectivity index (χ2v) is 9.97. The molecule has 2 N–H and O–H groups in total. The summed E-state index contributed by atoms with van der Waals surface area (Å²) in [7, 11) is 0. The fourth-order valence-corrected chi connectivity index (χ4v) is 4.80. The van der Waals surface area contributed by atoms with Gasteiger partial charge in [-0.1, -0.05) is 68.9 Å². The van der Waals surface area contributed by atoms with Crippen molar-refractivity contribution in [1.29, 1.82) is 0 Å². The fraction of sp³-hybridized carbons (Fsp3) is 0.448. The molecule has 1 saturated heterocycles. The molecule has 4 rings (SSSR count). The van der Waals surface area contributed by atoms with Crippen molar-refractivity contribution in [3.05, 3.63) is 53.4 Å². The van der Waals surface area contributed by atoms with Crippen molar-refractivity contribution in [3.63, 3.8) is 0 Å². The molecule has 11 heteroatoms. The van der Waals surface area contributed by atoms with Crippen LogP contribution in [0.25, 0.3) is 11.0 Å². The quantitative estimate of drug-likeness (QED) is 0.129. The molecule has 0 bridgehead atoms. The van der Waals surface area contributed by atoms with Crippen LogP contribution in [0.3, 0.4) is 0 Å². The Labute approximate surface area is 238 Å². The van der Waals surface area contributed by atoms with Gasteiger partial charge in [-0.3, -0.25) is 4.79 Å². The predicted molar refractivity (Wildman–Crippen MR) is 149 cm³/mol. The van der Waals surface area contributed by atoms with Gasteiger partial charge in [0, 0.05) is 19.0 Å². The molecule has 3 heterocycles. The molecule has 0 radical (unpaired) electrons. The van der Waals surface area contributed by atoms with Crippen LogP contribution in [0.2, 0.25) is 5.28 Å². The van der Waals surface area contributed by atoms with Gasteiger partial charge >= 0.3 is 12.1 Å². The SMILES string of the molecule is C#C[C@]1(COC(=O)OCc2ccccc2)O[C@@H](n2ccc3c(N)nc(Cl)nc32)C[C@@H]1OC(=O)CCCCCCC. The second kappa shape index (κ2) is 13.5. The second-order valence-electron chi connectivity index (χ2n) is 9.64. The number of unbranched alkanes of at least 4 members (excludes halogenated alkanes) is 4. The number of halogens is 1. The van der Waals surface area contributed by atoms with E-state index in [2.05, 4.69) is 22.8 Å². The van der Waals surface area contributed by atoms with Crippen LogP contribution in [0.15, 0.2) is 42.6 Å². The molecule has 1 fully saturated rings. The average Bonchev–Trinajstić information content (AvgIpc) is 3.53. The largest absolute Gasteiger partial charge is 0.508 e. The van der Waals surface area contributed by atoms with Crippen molar-refractivity contribution >= 4 is 40.6 Å². The molecule has 0 unspecified atom stereocenters. The van der Waals surface area contributed by atoms with E-state index in [0.29, 0.717) is 17.5 Å². The lowest BCUT2D eigenvalue weighted by Crippen LogP contribution is -2.45. The first-order valence-electron chi connectivity index (χ1n) is 13.3. The minimum Gasteiger partial charge on any atom is -0.458 e. The molecular weight excluding hydrogens is 536 g/mol. The maximum absolute atomic E-state index is 12.8. The normalized spacial score (nSPS) is 20.2. The Morgan fingerprint density at radius 2 is 1.95 bits per heavy atom. The molecule has 0 saturated carbocycles. The molecule has 212 valence electrons. The number of esters is 1. The van der Waals surface area contributed by atoms with Crippen LogP contribution in [-0.4, -0.2) is 45.0 Å². The maximum Gasteiger partial charge on any atom is 0.508 e. The van der Waals surface area contributed by atoms with Crippen molar-refractivity contribution in [2.75, 3.05) is 12.3 Å². The van der Waals surface area contributed by atoms with Gasteiger partial charge in [0.1, 0.15) is 37.0 Å². The number of nitrogens with zero attached hydrogens (tertiary/aromatic N) is 3. The first kappa shape index (κ1) is 29.2. The highest BCUT2D eigenvalue weighted by atomic mass is 35.5. The van der Waals surface area contributed by atoms with Crippen molar-refractivity contribution in [2.24, 2.45) is 0 Å².